The Kier molecular flexibility index (Phi) is 4.26. The van der Waals surface area contributed by atoms with Crippen molar-refractivity contribution in [3.63, 3.8) is 0 Å². The minimum absolute atomic E-state index is 0.537. The molecule has 0 amide bonds. The van der Waals surface area contributed by atoms with Crippen molar-refractivity contribution in [1.29, 1.82) is 0 Å². The van der Waals surface area contributed by atoms with E-state index in [2.05, 4.69) is 29.0 Å². The van der Waals surface area contributed by atoms with Gasteiger partial charge in [-0.1, -0.05) is 6.92 Å². The molecule has 0 saturated heterocycles. The lowest BCUT2D eigenvalue weighted by atomic mass is 10.3. The first-order chi connectivity index (χ1) is 8.71. The predicted molar refractivity (Wildman–Crippen MR) is 74.3 cm³/mol. The van der Waals surface area contributed by atoms with E-state index in [1.807, 2.05) is 4.57 Å². The van der Waals surface area contributed by atoms with Gasteiger partial charge in [0, 0.05) is 13.7 Å². The molecule has 2 heterocycles. The van der Waals surface area contributed by atoms with Crippen LogP contribution in [0.4, 0.5) is 0 Å². The quantitative estimate of drug-likeness (QED) is 0.858. The number of hydrogen-bond donors (Lipinski definition) is 1. The van der Waals surface area contributed by atoms with E-state index in [0.29, 0.717) is 11.4 Å². The lowest BCUT2D eigenvalue weighted by molar-refractivity contribution is 0.184. The van der Waals surface area contributed by atoms with Gasteiger partial charge in [-0.05, 0) is 25.6 Å². The van der Waals surface area contributed by atoms with Gasteiger partial charge in [0.1, 0.15) is 5.01 Å². The van der Waals surface area contributed by atoms with E-state index < -0.39 is 0 Å². The van der Waals surface area contributed by atoms with Crippen molar-refractivity contribution in [3.05, 3.63) is 15.5 Å². The van der Waals surface area contributed by atoms with Gasteiger partial charge < -0.3 is 4.74 Å². The number of H-pyrrole nitrogens is 1. The summed E-state index contributed by atoms with van der Waals surface area (Å²) in [5.41, 5.74) is 1.05. The number of aromatic nitrogens is 4. The molecule has 1 N–H and O–H groups in total. The minimum atomic E-state index is 0.537. The zero-order valence-electron chi connectivity index (χ0n) is 10.7. The van der Waals surface area contributed by atoms with Crippen LogP contribution in [0.3, 0.4) is 0 Å². The van der Waals surface area contributed by atoms with E-state index in [1.54, 1.807) is 18.4 Å². The highest BCUT2D eigenvalue weighted by Gasteiger charge is 2.16. The van der Waals surface area contributed by atoms with Crippen LogP contribution in [0.2, 0.25) is 0 Å². The predicted octanol–water partition coefficient (Wildman–Crippen LogP) is 2.79. The van der Waals surface area contributed by atoms with Crippen molar-refractivity contribution in [2.45, 2.75) is 33.4 Å². The van der Waals surface area contributed by atoms with E-state index in [1.165, 1.54) is 0 Å². The molecule has 0 saturated carbocycles. The molecule has 18 heavy (non-hydrogen) atoms. The minimum Gasteiger partial charge on any atom is -0.378 e. The molecule has 0 aliphatic carbocycles. The van der Waals surface area contributed by atoms with E-state index >= 15 is 0 Å². The standard InChI is InChI=1S/C11H16N4OS2/c1-4-7-9(18-8(12-7)6-16-3)10-13-14-11(17)15(10)5-2/h4-6H2,1-3H3,(H,14,17). The zero-order chi connectivity index (χ0) is 13.1. The Morgan fingerprint density at radius 2 is 2.22 bits per heavy atom. The second kappa shape index (κ2) is 5.73. The first-order valence-corrected chi connectivity index (χ1v) is 7.06. The molecule has 2 aromatic heterocycles. The average Bonchev–Trinajstić information content (AvgIpc) is 2.92. The first kappa shape index (κ1) is 13.4. The van der Waals surface area contributed by atoms with Crippen LogP contribution in [0.5, 0.6) is 0 Å². The average molecular weight is 284 g/mol. The van der Waals surface area contributed by atoms with Crippen molar-refractivity contribution >= 4 is 23.6 Å². The maximum Gasteiger partial charge on any atom is 0.195 e. The number of nitrogens with zero attached hydrogens (tertiary/aromatic N) is 3. The highest BCUT2D eigenvalue weighted by molar-refractivity contribution is 7.71. The van der Waals surface area contributed by atoms with E-state index in [-0.39, 0.29) is 0 Å². The first-order valence-electron chi connectivity index (χ1n) is 5.84. The lowest BCUT2D eigenvalue weighted by Gasteiger charge is -2.01. The molecular weight excluding hydrogens is 268 g/mol. The lowest BCUT2D eigenvalue weighted by Crippen LogP contribution is -1.98. The van der Waals surface area contributed by atoms with Crippen molar-refractivity contribution in [2.24, 2.45) is 0 Å². The van der Waals surface area contributed by atoms with Crippen molar-refractivity contribution in [2.75, 3.05) is 7.11 Å². The van der Waals surface area contributed by atoms with E-state index in [9.17, 15) is 0 Å². The number of methoxy groups -OCH3 is 1. The number of thiazole rings is 1. The van der Waals surface area contributed by atoms with Crippen LogP contribution in [-0.4, -0.2) is 26.9 Å². The van der Waals surface area contributed by atoms with E-state index in [0.717, 1.165) is 34.4 Å². The molecule has 0 unspecified atom stereocenters. The summed E-state index contributed by atoms with van der Waals surface area (Å²) in [7, 11) is 1.68. The van der Waals surface area contributed by atoms with Gasteiger partial charge >= 0.3 is 0 Å². The second-order valence-corrected chi connectivity index (χ2v) is 5.24. The maximum atomic E-state index is 5.21. The van der Waals surface area contributed by atoms with Crippen molar-refractivity contribution < 1.29 is 4.74 Å². The van der Waals surface area contributed by atoms with Gasteiger partial charge in [-0.25, -0.2) is 4.98 Å². The molecule has 0 spiro atoms. The summed E-state index contributed by atoms with van der Waals surface area (Å²) >= 11 is 6.83. The van der Waals surface area contributed by atoms with Crippen LogP contribution in [0.15, 0.2) is 0 Å². The van der Waals surface area contributed by atoms with E-state index in [4.69, 9.17) is 17.0 Å². The Bertz CT molecular complexity index is 584. The number of rotatable bonds is 5. The number of hydrogen-bond acceptors (Lipinski definition) is 5. The zero-order valence-corrected chi connectivity index (χ0v) is 12.3. The number of ether oxygens (including phenoxy) is 1. The second-order valence-electron chi connectivity index (χ2n) is 3.77. The molecule has 0 bridgehead atoms. The number of nitrogens with one attached hydrogen (secondary N) is 1. The third-order valence-electron chi connectivity index (χ3n) is 2.62. The summed E-state index contributed by atoms with van der Waals surface area (Å²) in [4.78, 5) is 5.65. The molecule has 0 radical (unpaired) electrons. The molecule has 2 aromatic rings. The van der Waals surface area contributed by atoms with Crippen LogP contribution in [0, 0.1) is 4.77 Å². The Balaban J connectivity index is 2.51. The molecular formula is C11H16N4OS2. The van der Waals surface area contributed by atoms with Gasteiger partial charge in [0.05, 0.1) is 17.2 Å². The largest absolute Gasteiger partial charge is 0.378 e. The van der Waals surface area contributed by atoms with Crippen LogP contribution in [0.25, 0.3) is 10.7 Å². The van der Waals surface area contributed by atoms with Gasteiger partial charge in [-0.2, -0.15) is 5.10 Å². The van der Waals surface area contributed by atoms with Crippen LogP contribution in [-0.2, 0) is 24.3 Å². The summed E-state index contributed by atoms with van der Waals surface area (Å²) in [6, 6.07) is 0. The van der Waals surface area contributed by atoms with Gasteiger partial charge in [-0.3, -0.25) is 9.67 Å². The summed E-state index contributed by atoms with van der Waals surface area (Å²) in [5.74, 6) is 0.874. The topological polar surface area (TPSA) is 55.7 Å². The molecule has 0 aliphatic rings. The van der Waals surface area contributed by atoms with Gasteiger partial charge in [0.15, 0.2) is 10.6 Å². The van der Waals surface area contributed by atoms with Crippen molar-refractivity contribution in [1.82, 2.24) is 19.7 Å². The molecule has 2 rings (SSSR count). The van der Waals surface area contributed by atoms with Gasteiger partial charge in [0.2, 0.25) is 0 Å². The summed E-state index contributed by atoms with van der Waals surface area (Å²) in [5, 5.41) is 8.13. The third-order valence-corrected chi connectivity index (χ3v) is 4.00. The number of aryl methyl sites for hydroxylation is 1. The van der Waals surface area contributed by atoms with Crippen molar-refractivity contribution in [3.8, 4) is 10.7 Å². The molecule has 7 heteroatoms. The highest BCUT2D eigenvalue weighted by atomic mass is 32.1. The Hall–Kier alpha value is -1.05. The fraction of sp³-hybridized carbons (Fsp3) is 0.545. The molecule has 0 aliphatic heterocycles. The van der Waals surface area contributed by atoms with Gasteiger partial charge in [-0.15, -0.1) is 11.3 Å². The number of aromatic amines is 1. The molecule has 0 aromatic carbocycles. The summed E-state index contributed by atoms with van der Waals surface area (Å²) in [6.07, 6.45) is 0.874. The smallest absolute Gasteiger partial charge is 0.195 e. The monoisotopic (exact) mass is 284 g/mol. The van der Waals surface area contributed by atoms with Gasteiger partial charge in [0.25, 0.3) is 0 Å². The summed E-state index contributed by atoms with van der Waals surface area (Å²) in [6.45, 7) is 5.48. The highest BCUT2D eigenvalue weighted by Crippen LogP contribution is 2.29. The Morgan fingerprint density at radius 3 is 2.83 bits per heavy atom. The fourth-order valence-electron chi connectivity index (χ4n) is 1.78. The Labute approximate surface area is 115 Å². The SMILES string of the molecule is CCc1nc(COC)sc1-c1n[nH]c(=S)n1CC. The van der Waals surface area contributed by atoms with Crippen LogP contribution >= 0.6 is 23.6 Å². The molecule has 5 nitrogen and oxygen atoms in total. The van der Waals surface area contributed by atoms with Crippen LogP contribution in [0.1, 0.15) is 24.5 Å². The van der Waals surface area contributed by atoms with Crippen LogP contribution < -0.4 is 0 Å². The maximum absolute atomic E-state index is 5.21. The Morgan fingerprint density at radius 1 is 1.44 bits per heavy atom. The third kappa shape index (κ3) is 2.38. The summed E-state index contributed by atoms with van der Waals surface area (Å²) < 4.78 is 7.76. The molecule has 98 valence electrons. The molecule has 0 atom stereocenters. The normalized spacial score (nSPS) is 11.1. The molecule has 0 fully saturated rings. The fourth-order valence-corrected chi connectivity index (χ4v) is 3.17.